The van der Waals surface area contributed by atoms with Crippen LogP contribution in [0.3, 0.4) is 0 Å². The molecule has 138 valence electrons. The van der Waals surface area contributed by atoms with Crippen LogP contribution in [0.25, 0.3) is 0 Å². The van der Waals surface area contributed by atoms with Crippen LogP contribution in [-0.4, -0.2) is 32.2 Å². The minimum absolute atomic E-state index is 0.0572. The average Bonchev–Trinajstić information content (AvgIpc) is 2.62. The summed E-state index contributed by atoms with van der Waals surface area (Å²) < 4.78 is 29.1. The molecular weight excluding hydrogens is 365 g/mol. The second kappa shape index (κ2) is 9.05. The summed E-state index contributed by atoms with van der Waals surface area (Å²) in [6, 6.07) is 8.32. The Kier molecular flexibility index (Phi) is 6.80. The summed E-state index contributed by atoms with van der Waals surface area (Å²) in [6.07, 6.45) is 0. The summed E-state index contributed by atoms with van der Waals surface area (Å²) in [6.45, 7) is 1.70. The van der Waals surface area contributed by atoms with Gasteiger partial charge in [0.25, 0.3) is 5.91 Å². The lowest BCUT2D eigenvalue weighted by molar-refractivity contribution is -0.119. The molecule has 26 heavy (non-hydrogen) atoms. The number of hydrogen-bond donors (Lipinski definition) is 1. The van der Waals surface area contributed by atoms with Crippen molar-refractivity contribution >= 4 is 29.2 Å². The van der Waals surface area contributed by atoms with Gasteiger partial charge >= 0.3 is 5.97 Å². The Balaban J connectivity index is 1.96. The molecule has 0 saturated carbocycles. The van der Waals surface area contributed by atoms with E-state index in [2.05, 4.69) is 5.32 Å². The van der Waals surface area contributed by atoms with E-state index in [1.165, 1.54) is 31.4 Å². The maximum Gasteiger partial charge on any atom is 0.338 e. The molecular formula is C18H17ClFNO5. The number of amides is 1. The maximum absolute atomic E-state index is 13.6. The van der Waals surface area contributed by atoms with Crippen molar-refractivity contribution in [3.8, 4) is 11.5 Å². The van der Waals surface area contributed by atoms with Crippen LogP contribution < -0.4 is 14.8 Å². The van der Waals surface area contributed by atoms with Gasteiger partial charge in [0, 0.05) is 5.02 Å². The number of rotatable bonds is 7. The third-order valence-corrected chi connectivity index (χ3v) is 3.47. The fraction of sp³-hybridized carbons (Fsp3) is 0.222. The highest BCUT2D eigenvalue weighted by Gasteiger charge is 2.15. The highest BCUT2D eigenvalue weighted by molar-refractivity contribution is 6.30. The molecule has 0 bridgehead atoms. The Labute approximate surface area is 154 Å². The molecule has 1 N–H and O–H groups in total. The predicted molar refractivity (Wildman–Crippen MR) is 94.5 cm³/mol. The molecule has 2 rings (SSSR count). The number of benzene rings is 2. The van der Waals surface area contributed by atoms with Gasteiger partial charge in [-0.15, -0.1) is 0 Å². The number of anilines is 1. The number of methoxy groups -OCH3 is 1. The molecule has 0 atom stereocenters. The van der Waals surface area contributed by atoms with E-state index in [4.69, 9.17) is 25.8 Å². The minimum Gasteiger partial charge on any atom is -0.493 e. The highest BCUT2D eigenvalue weighted by atomic mass is 35.5. The molecule has 2 aromatic rings. The SMILES string of the molecule is CCOc1ccc(C(=O)OCC(=O)Nc2ccc(Cl)cc2F)cc1OC. The first-order valence-corrected chi connectivity index (χ1v) is 8.05. The van der Waals surface area contributed by atoms with Gasteiger partial charge in [-0.3, -0.25) is 4.79 Å². The van der Waals surface area contributed by atoms with Crippen molar-refractivity contribution in [3.63, 3.8) is 0 Å². The topological polar surface area (TPSA) is 73.9 Å². The molecule has 1 amide bonds. The molecule has 0 spiro atoms. The van der Waals surface area contributed by atoms with Crippen molar-refractivity contribution in [1.29, 1.82) is 0 Å². The summed E-state index contributed by atoms with van der Waals surface area (Å²) in [5.74, 6) is -1.24. The molecule has 0 unspecified atom stereocenters. The lowest BCUT2D eigenvalue weighted by Gasteiger charge is -2.11. The van der Waals surface area contributed by atoms with Crippen molar-refractivity contribution in [2.75, 3.05) is 25.6 Å². The Bertz CT molecular complexity index is 812. The second-order valence-electron chi connectivity index (χ2n) is 5.05. The smallest absolute Gasteiger partial charge is 0.338 e. The predicted octanol–water partition coefficient (Wildman–Crippen LogP) is 3.68. The first-order valence-electron chi connectivity index (χ1n) is 7.67. The summed E-state index contributed by atoms with van der Waals surface area (Å²) in [7, 11) is 1.45. The monoisotopic (exact) mass is 381 g/mol. The Morgan fingerprint density at radius 1 is 1.15 bits per heavy atom. The van der Waals surface area contributed by atoms with Crippen molar-refractivity contribution in [2.24, 2.45) is 0 Å². The van der Waals surface area contributed by atoms with Crippen LogP contribution in [0, 0.1) is 5.82 Å². The normalized spacial score (nSPS) is 10.2. The third-order valence-electron chi connectivity index (χ3n) is 3.24. The number of halogens is 2. The van der Waals surface area contributed by atoms with Crippen LogP contribution in [-0.2, 0) is 9.53 Å². The van der Waals surface area contributed by atoms with Crippen LogP contribution in [0.15, 0.2) is 36.4 Å². The van der Waals surface area contributed by atoms with Gasteiger partial charge in [-0.2, -0.15) is 0 Å². The molecule has 8 heteroatoms. The van der Waals surface area contributed by atoms with E-state index in [-0.39, 0.29) is 16.3 Å². The van der Waals surface area contributed by atoms with Gasteiger partial charge in [-0.25, -0.2) is 9.18 Å². The van der Waals surface area contributed by atoms with Crippen LogP contribution in [0.4, 0.5) is 10.1 Å². The molecule has 2 aromatic carbocycles. The Morgan fingerprint density at radius 2 is 1.92 bits per heavy atom. The van der Waals surface area contributed by atoms with Gasteiger partial charge < -0.3 is 19.5 Å². The minimum atomic E-state index is -0.724. The lowest BCUT2D eigenvalue weighted by Crippen LogP contribution is -2.21. The largest absolute Gasteiger partial charge is 0.493 e. The summed E-state index contributed by atoms with van der Waals surface area (Å²) >= 11 is 5.64. The third kappa shape index (κ3) is 5.10. The highest BCUT2D eigenvalue weighted by Crippen LogP contribution is 2.28. The molecule has 0 aliphatic carbocycles. The van der Waals surface area contributed by atoms with Gasteiger partial charge in [0.1, 0.15) is 5.82 Å². The zero-order valence-corrected chi connectivity index (χ0v) is 14.9. The van der Waals surface area contributed by atoms with E-state index in [1.807, 2.05) is 6.92 Å². The van der Waals surface area contributed by atoms with E-state index in [0.29, 0.717) is 18.1 Å². The standard InChI is InChI=1S/C18H17ClFNO5/c1-3-25-15-7-4-11(8-16(15)24-2)18(23)26-10-17(22)21-14-6-5-12(19)9-13(14)20/h4-9H,3,10H2,1-2H3,(H,21,22). The summed E-state index contributed by atoms with van der Waals surface area (Å²) in [5, 5.41) is 2.50. The van der Waals surface area contributed by atoms with Gasteiger partial charge in [0.15, 0.2) is 18.1 Å². The van der Waals surface area contributed by atoms with E-state index >= 15 is 0 Å². The molecule has 0 aromatic heterocycles. The van der Waals surface area contributed by atoms with Gasteiger partial charge in [-0.05, 0) is 43.3 Å². The molecule has 6 nitrogen and oxygen atoms in total. The van der Waals surface area contributed by atoms with E-state index in [9.17, 15) is 14.0 Å². The number of esters is 1. The molecule has 0 fully saturated rings. The van der Waals surface area contributed by atoms with Gasteiger partial charge in [-0.1, -0.05) is 11.6 Å². The van der Waals surface area contributed by atoms with Crippen LogP contribution in [0.5, 0.6) is 11.5 Å². The lowest BCUT2D eigenvalue weighted by atomic mass is 10.2. The quantitative estimate of drug-likeness (QED) is 0.740. The van der Waals surface area contributed by atoms with Gasteiger partial charge in [0.2, 0.25) is 0 Å². The van der Waals surface area contributed by atoms with E-state index < -0.39 is 24.3 Å². The van der Waals surface area contributed by atoms with Crippen molar-refractivity contribution < 1.29 is 28.2 Å². The fourth-order valence-corrected chi connectivity index (χ4v) is 2.22. The first-order chi connectivity index (χ1) is 12.4. The summed E-state index contributed by atoms with van der Waals surface area (Å²) in [5.41, 5.74) is 0.133. The Morgan fingerprint density at radius 3 is 2.58 bits per heavy atom. The molecule has 0 heterocycles. The zero-order valence-electron chi connectivity index (χ0n) is 14.2. The number of ether oxygens (including phenoxy) is 3. The fourth-order valence-electron chi connectivity index (χ4n) is 2.06. The second-order valence-corrected chi connectivity index (χ2v) is 5.48. The molecule has 0 aliphatic rings. The average molecular weight is 382 g/mol. The number of carbonyl (C=O) groups is 2. The molecule has 0 saturated heterocycles. The maximum atomic E-state index is 13.6. The number of carbonyl (C=O) groups excluding carboxylic acids is 2. The number of hydrogen-bond acceptors (Lipinski definition) is 5. The van der Waals surface area contributed by atoms with Gasteiger partial charge in [0.05, 0.1) is 25.0 Å². The van der Waals surface area contributed by atoms with Crippen LogP contribution in [0.2, 0.25) is 5.02 Å². The Hall–Kier alpha value is -2.80. The summed E-state index contributed by atoms with van der Waals surface area (Å²) in [4.78, 5) is 23.9. The number of nitrogens with one attached hydrogen (secondary N) is 1. The van der Waals surface area contributed by atoms with Crippen LogP contribution in [0.1, 0.15) is 17.3 Å². The zero-order chi connectivity index (χ0) is 19.1. The van der Waals surface area contributed by atoms with Crippen molar-refractivity contribution in [3.05, 3.63) is 52.8 Å². The van der Waals surface area contributed by atoms with E-state index in [1.54, 1.807) is 6.07 Å². The van der Waals surface area contributed by atoms with Crippen LogP contribution >= 0.6 is 11.6 Å². The van der Waals surface area contributed by atoms with Crippen molar-refractivity contribution in [2.45, 2.75) is 6.92 Å². The van der Waals surface area contributed by atoms with E-state index in [0.717, 1.165) is 6.07 Å². The van der Waals surface area contributed by atoms with Crippen molar-refractivity contribution in [1.82, 2.24) is 0 Å². The molecule has 0 radical (unpaired) electrons. The first kappa shape index (κ1) is 19.5. The molecule has 0 aliphatic heterocycles.